The van der Waals surface area contributed by atoms with Crippen LogP contribution in [0.3, 0.4) is 0 Å². The van der Waals surface area contributed by atoms with E-state index in [1.165, 1.54) is 6.42 Å². The highest BCUT2D eigenvalue weighted by Crippen LogP contribution is 2.37. The first-order chi connectivity index (χ1) is 14.1. The van der Waals surface area contributed by atoms with E-state index in [9.17, 15) is 0 Å². The van der Waals surface area contributed by atoms with Crippen molar-refractivity contribution in [3.63, 3.8) is 0 Å². The van der Waals surface area contributed by atoms with Gasteiger partial charge < -0.3 is 19.5 Å². The van der Waals surface area contributed by atoms with Gasteiger partial charge in [0.15, 0.2) is 11.5 Å². The van der Waals surface area contributed by atoms with E-state index in [4.69, 9.17) is 37.4 Å². The summed E-state index contributed by atoms with van der Waals surface area (Å²) in [6.45, 7) is 8.29. The fourth-order valence-electron chi connectivity index (χ4n) is 2.74. The number of hydrogen-bond acceptors (Lipinski definition) is 4. The summed E-state index contributed by atoms with van der Waals surface area (Å²) in [5.41, 5.74) is 2.07. The molecule has 7 heteroatoms. The Morgan fingerprint density at radius 2 is 1.63 bits per heavy atom. The van der Waals surface area contributed by atoms with Gasteiger partial charge in [-0.05, 0) is 61.7 Å². The lowest BCUT2D eigenvalue weighted by atomic mass is 10.2. The molecule has 0 heterocycles. The van der Waals surface area contributed by atoms with Crippen molar-refractivity contribution in [1.29, 1.82) is 0 Å². The highest BCUT2D eigenvalue weighted by atomic mass is 35.5. The van der Waals surface area contributed by atoms with Gasteiger partial charge in [-0.25, -0.2) is 0 Å². The summed E-state index contributed by atoms with van der Waals surface area (Å²) < 4.78 is 17.3. The van der Waals surface area contributed by atoms with Crippen molar-refractivity contribution in [2.45, 2.75) is 46.3 Å². The molecule has 0 unspecified atom stereocenters. The van der Waals surface area contributed by atoms with E-state index >= 15 is 0 Å². The molecular formula is C23H32Cl3NO3. The van der Waals surface area contributed by atoms with Crippen molar-refractivity contribution >= 4 is 35.6 Å². The first-order valence-corrected chi connectivity index (χ1v) is 11.0. The molecule has 30 heavy (non-hydrogen) atoms. The van der Waals surface area contributed by atoms with Crippen LogP contribution in [0.4, 0.5) is 0 Å². The van der Waals surface area contributed by atoms with Crippen molar-refractivity contribution in [1.82, 2.24) is 5.32 Å². The third-order valence-corrected chi connectivity index (χ3v) is 4.81. The predicted octanol–water partition coefficient (Wildman–Crippen LogP) is 6.69. The molecule has 0 saturated carbocycles. The number of halogens is 3. The average Bonchev–Trinajstić information content (AvgIpc) is 2.71. The summed E-state index contributed by atoms with van der Waals surface area (Å²) in [5, 5.41) is 4.67. The zero-order valence-corrected chi connectivity index (χ0v) is 20.0. The van der Waals surface area contributed by atoms with Gasteiger partial charge in [0.05, 0.1) is 11.6 Å². The summed E-state index contributed by atoms with van der Waals surface area (Å²) in [7, 11) is 0. The van der Waals surface area contributed by atoms with Crippen LogP contribution in [-0.4, -0.2) is 26.4 Å². The largest absolute Gasteiger partial charge is 0.490 e. The first-order valence-electron chi connectivity index (χ1n) is 10.2. The molecule has 2 rings (SSSR count). The Hall–Kier alpha value is -1.17. The van der Waals surface area contributed by atoms with E-state index in [0.29, 0.717) is 41.3 Å². The van der Waals surface area contributed by atoms with Crippen LogP contribution in [0.5, 0.6) is 11.5 Å². The zero-order chi connectivity index (χ0) is 20.9. The lowest BCUT2D eigenvalue weighted by Gasteiger charge is -2.16. The Kier molecular flexibility index (Phi) is 14.0. The molecule has 0 aliphatic heterocycles. The van der Waals surface area contributed by atoms with Crippen LogP contribution in [0, 0.1) is 0 Å². The maximum Gasteiger partial charge on any atom is 0.180 e. The van der Waals surface area contributed by atoms with Crippen LogP contribution < -0.4 is 14.8 Å². The van der Waals surface area contributed by atoms with Gasteiger partial charge in [-0.3, -0.25) is 0 Å². The molecule has 0 saturated heterocycles. The fraction of sp³-hybridized carbons (Fsp3) is 0.478. The van der Waals surface area contributed by atoms with E-state index in [1.54, 1.807) is 0 Å². The molecule has 0 spiro atoms. The third-order valence-electron chi connectivity index (χ3n) is 4.28. The van der Waals surface area contributed by atoms with E-state index in [-0.39, 0.29) is 12.4 Å². The van der Waals surface area contributed by atoms with Crippen LogP contribution in [0.1, 0.15) is 44.2 Å². The van der Waals surface area contributed by atoms with Gasteiger partial charge >= 0.3 is 0 Å². The Morgan fingerprint density at radius 1 is 0.900 bits per heavy atom. The zero-order valence-electron chi connectivity index (χ0n) is 17.7. The van der Waals surface area contributed by atoms with Crippen LogP contribution >= 0.6 is 35.6 Å². The lowest BCUT2D eigenvalue weighted by Crippen LogP contribution is -2.16. The third kappa shape index (κ3) is 9.76. The van der Waals surface area contributed by atoms with Crippen molar-refractivity contribution in [2.75, 3.05) is 26.4 Å². The van der Waals surface area contributed by atoms with Crippen LogP contribution in [0.25, 0.3) is 0 Å². The molecule has 0 bridgehead atoms. The number of ether oxygens (including phenoxy) is 3. The normalized spacial score (nSPS) is 10.5. The molecular weight excluding hydrogens is 445 g/mol. The second kappa shape index (κ2) is 15.6. The Labute approximate surface area is 196 Å². The van der Waals surface area contributed by atoms with E-state index in [2.05, 4.69) is 12.2 Å². The van der Waals surface area contributed by atoms with Gasteiger partial charge in [-0.2, -0.15) is 0 Å². The van der Waals surface area contributed by atoms with Crippen LogP contribution in [0.15, 0.2) is 36.4 Å². The van der Waals surface area contributed by atoms with Crippen LogP contribution in [-0.2, 0) is 17.9 Å². The second-order valence-corrected chi connectivity index (χ2v) is 7.59. The van der Waals surface area contributed by atoms with E-state index in [0.717, 1.165) is 43.7 Å². The number of hydrogen-bond donors (Lipinski definition) is 1. The maximum atomic E-state index is 6.50. The number of unbranched alkanes of at least 4 members (excludes halogenated alkanes) is 1. The molecule has 0 radical (unpaired) electrons. The second-order valence-electron chi connectivity index (χ2n) is 6.75. The van der Waals surface area contributed by atoms with Crippen LogP contribution in [0.2, 0.25) is 10.0 Å². The van der Waals surface area contributed by atoms with Gasteiger partial charge in [0.2, 0.25) is 0 Å². The number of nitrogens with one attached hydrogen (secondary N) is 1. The van der Waals surface area contributed by atoms with Gasteiger partial charge in [0.25, 0.3) is 0 Å². The molecule has 2 aromatic carbocycles. The predicted molar refractivity (Wildman–Crippen MR) is 128 cm³/mol. The highest BCUT2D eigenvalue weighted by Gasteiger charge is 2.13. The Morgan fingerprint density at radius 3 is 2.33 bits per heavy atom. The molecule has 2 aromatic rings. The van der Waals surface area contributed by atoms with Gasteiger partial charge in [0.1, 0.15) is 6.61 Å². The summed E-state index contributed by atoms with van der Waals surface area (Å²) in [6, 6.07) is 11.5. The summed E-state index contributed by atoms with van der Waals surface area (Å²) >= 11 is 12.4. The first kappa shape index (κ1) is 26.9. The quantitative estimate of drug-likeness (QED) is 0.308. The SMILES string of the molecule is CCCCOCCCNCc1cc(Cl)c(OCc2ccc(Cl)cc2)c(OCC)c1.Cl. The van der Waals surface area contributed by atoms with Gasteiger partial charge in [0, 0.05) is 24.8 Å². The Bertz CT molecular complexity index is 726. The number of rotatable bonds is 14. The topological polar surface area (TPSA) is 39.7 Å². The Balaban J connectivity index is 0.00000450. The summed E-state index contributed by atoms with van der Waals surface area (Å²) in [4.78, 5) is 0. The molecule has 0 fully saturated rings. The minimum absolute atomic E-state index is 0. The molecule has 4 nitrogen and oxygen atoms in total. The highest BCUT2D eigenvalue weighted by molar-refractivity contribution is 6.32. The van der Waals surface area contributed by atoms with Gasteiger partial charge in [-0.15, -0.1) is 12.4 Å². The summed E-state index contributed by atoms with van der Waals surface area (Å²) in [5.74, 6) is 1.23. The summed E-state index contributed by atoms with van der Waals surface area (Å²) in [6.07, 6.45) is 3.28. The van der Waals surface area contributed by atoms with Crippen molar-refractivity contribution in [2.24, 2.45) is 0 Å². The molecule has 1 N–H and O–H groups in total. The van der Waals surface area contributed by atoms with E-state index < -0.39 is 0 Å². The lowest BCUT2D eigenvalue weighted by molar-refractivity contribution is 0.129. The average molecular weight is 477 g/mol. The van der Waals surface area contributed by atoms with Gasteiger partial charge in [-0.1, -0.05) is 48.7 Å². The fourth-order valence-corrected chi connectivity index (χ4v) is 3.16. The van der Waals surface area contributed by atoms with Crippen molar-refractivity contribution in [3.05, 3.63) is 57.6 Å². The number of benzene rings is 2. The van der Waals surface area contributed by atoms with Crippen molar-refractivity contribution < 1.29 is 14.2 Å². The molecule has 0 atom stereocenters. The minimum Gasteiger partial charge on any atom is -0.490 e. The molecule has 0 aromatic heterocycles. The van der Waals surface area contributed by atoms with Crippen molar-refractivity contribution in [3.8, 4) is 11.5 Å². The smallest absolute Gasteiger partial charge is 0.180 e. The van der Waals surface area contributed by atoms with E-state index in [1.807, 2.05) is 43.3 Å². The molecule has 0 aliphatic rings. The maximum absolute atomic E-state index is 6.50. The monoisotopic (exact) mass is 475 g/mol. The standard InChI is InChI=1S/C23H31Cl2NO3.ClH/c1-3-5-12-27-13-6-11-26-16-19-14-21(25)23(22(15-19)28-4-2)29-17-18-7-9-20(24)10-8-18;/h7-10,14-15,26H,3-6,11-13,16-17H2,1-2H3;1H. The minimum atomic E-state index is 0. The molecule has 0 amide bonds. The molecule has 0 aliphatic carbocycles. The molecule has 168 valence electrons.